The van der Waals surface area contributed by atoms with Crippen LogP contribution in [0.2, 0.25) is 5.02 Å². The molecule has 2 heteroatoms. The Bertz CT molecular complexity index is 214. The molecule has 0 saturated heterocycles. The highest BCUT2D eigenvalue weighted by Crippen LogP contribution is 2.07. The zero-order valence-electron chi connectivity index (χ0n) is 7.47. The van der Waals surface area contributed by atoms with Crippen LogP contribution in [0.25, 0.3) is 0 Å². The lowest BCUT2D eigenvalue weighted by Crippen LogP contribution is -1.83. The highest BCUT2D eigenvalue weighted by Gasteiger charge is 1.81. The fourth-order valence-corrected chi connectivity index (χ4v) is 0.659. The number of halogens is 1. The number of rotatable bonds is 0. The average Bonchev–Trinajstić information content (AvgIpc) is 1.94. The Hall–Kier alpha value is -0.950. The summed E-state index contributed by atoms with van der Waals surface area (Å²) in [6, 6.07) is 7.75. The third kappa shape index (κ3) is 7.16. The fourth-order valence-electron chi connectivity index (χ4n) is 0.533. The van der Waals surface area contributed by atoms with Gasteiger partial charge in [0.05, 0.1) is 0 Å². The van der Waals surface area contributed by atoms with E-state index < -0.39 is 0 Å². The molecule has 1 nitrogen and oxygen atoms in total. The van der Waals surface area contributed by atoms with Crippen LogP contribution in [0, 0.1) is 6.92 Å². The van der Waals surface area contributed by atoms with E-state index in [1.807, 2.05) is 31.2 Å². The second kappa shape index (κ2) is 5.67. The maximum atomic E-state index is 5.61. The Kier molecular flexibility index (Phi) is 5.22. The third-order valence-corrected chi connectivity index (χ3v) is 1.26. The first-order chi connectivity index (χ1) is 5.52. The molecule has 0 amide bonds. The molecule has 0 aliphatic rings. The van der Waals surface area contributed by atoms with E-state index in [1.54, 1.807) is 6.92 Å². The molecular weight excluding hydrogens is 170 g/mol. The van der Waals surface area contributed by atoms with Crippen LogP contribution in [0.3, 0.4) is 0 Å². The van der Waals surface area contributed by atoms with Crippen molar-refractivity contribution in [2.75, 3.05) is 0 Å². The summed E-state index contributed by atoms with van der Waals surface area (Å²) in [4.78, 5) is 0. The van der Waals surface area contributed by atoms with Crippen molar-refractivity contribution in [3.8, 4) is 0 Å². The van der Waals surface area contributed by atoms with Gasteiger partial charge >= 0.3 is 0 Å². The standard InChI is InChI=1S/C7H7Cl.C3H7N/c1-6-2-4-7(8)5-3-6;1-3(2)4/h2-5H,1H3;1,4H2,2H3. The van der Waals surface area contributed by atoms with Gasteiger partial charge in [-0.25, -0.2) is 0 Å². The number of benzene rings is 1. The summed E-state index contributed by atoms with van der Waals surface area (Å²) in [5, 5.41) is 0.801. The Balaban J connectivity index is 0.000000261. The van der Waals surface area contributed by atoms with E-state index in [4.69, 9.17) is 17.3 Å². The van der Waals surface area contributed by atoms with Gasteiger partial charge in [0, 0.05) is 5.02 Å². The van der Waals surface area contributed by atoms with Crippen molar-refractivity contribution in [3.63, 3.8) is 0 Å². The highest BCUT2D eigenvalue weighted by atomic mass is 35.5. The van der Waals surface area contributed by atoms with Gasteiger partial charge in [0.25, 0.3) is 0 Å². The Labute approximate surface area is 78.9 Å². The monoisotopic (exact) mass is 183 g/mol. The Morgan fingerprint density at radius 1 is 1.33 bits per heavy atom. The van der Waals surface area contributed by atoms with Crippen molar-refractivity contribution in [1.29, 1.82) is 0 Å². The molecule has 0 fully saturated rings. The van der Waals surface area contributed by atoms with Crippen LogP contribution in [-0.4, -0.2) is 0 Å². The van der Waals surface area contributed by atoms with E-state index in [0.717, 1.165) is 5.02 Å². The number of hydrogen-bond donors (Lipinski definition) is 1. The van der Waals surface area contributed by atoms with Gasteiger partial charge in [-0.15, -0.1) is 0 Å². The Morgan fingerprint density at radius 3 is 1.92 bits per heavy atom. The third-order valence-electron chi connectivity index (χ3n) is 1.01. The van der Waals surface area contributed by atoms with E-state index in [2.05, 4.69) is 6.58 Å². The van der Waals surface area contributed by atoms with Crippen LogP contribution >= 0.6 is 11.6 Å². The molecule has 0 spiro atoms. The molecule has 12 heavy (non-hydrogen) atoms. The number of aryl methyl sites for hydroxylation is 1. The largest absolute Gasteiger partial charge is 0.403 e. The lowest BCUT2D eigenvalue weighted by Gasteiger charge is -1.88. The van der Waals surface area contributed by atoms with Crippen molar-refractivity contribution < 1.29 is 0 Å². The molecule has 1 aromatic rings. The smallest absolute Gasteiger partial charge is 0.0406 e. The van der Waals surface area contributed by atoms with Crippen molar-refractivity contribution in [2.24, 2.45) is 5.73 Å². The molecule has 0 unspecified atom stereocenters. The predicted octanol–water partition coefficient (Wildman–Crippen LogP) is 3.13. The molecule has 0 radical (unpaired) electrons. The van der Waals surface area contributed by atoms with Crippen LogP contribution in [0.15, 0.2) is 36.5 Å². The van der Waals surface area contributed by atoms with Crippen molar-refractivity contribution in [2.45, 2.75) is 13.8 Å². The predicted molar refractivity (Wildman–Crippen MR) is 55.2 cm³/mol. The van der Waals surface area contributed by atoms with E-state index in [1.165, 1.54) is 5.56 Å². The molecule has 0 bridgehead atoms. The first-order valence-corrected chi connectivity index (χ1v) is 4.03. The fraction of sp³-hybridized carbons (Fsp3) is 0.200. The van der Waals surface area contributed by atoms with Crippen molar-refractivity contribution in [1.82, 2.24) is 0 Å². The van der Waals surface area contributed by atoms with Gasteiger partial charge < -0.3 is 5.73 Å². The molecule has 0 aliphatic carbocycles. The van der Waals surface area contributed by atoms with Crippen LogP contribution in [0.4, 0.5) is 0 Å². The SMILES string of the molecule is C=C(C)N.Cc1ccc(Cl)cc1. The summed E-state index contributed by atoms with van der Waals surface area (Å²) in [7, 11) is 0. The van der Waals surface area contributed by atoms with Crippen LogP contribution < -0.4 is 5.73 Å². The quantitative estimate of drug-likeness (QED) is 0.657. The van der Waals surface area contributed by atoms with Gasteiger partial charge in [-0.05, 0) is 31.7 Å². The van der Waals surface area contributed by atoms with Crippen LogP contribution in [-0.2, 0) is 0 Å². The normalized spacial score (nSPS) is 8.25. The molecule has 0 heterocycles. The second-order valence-corrected chi connectivity index (χ2v) is 3.08. The molecule has 1 rings (SSSR count). The van der Waals surface area contributed by atoms with Gasteiger partial charge in [0.15, 0.2) is 0 Å². The summed E-state index contributed by atoms with van der Waals surface area (Å²) in [6.45, 7) is 7.12. The summed E-state index contributed by atoms with van der Waals surface area (Å²) >= 11 is 5.61. The molecule has 0 aliphatic heterocycles. The lowest BCUT2D eigenvalue weighted by molar-refractivity contribution is 1.34. The first-order valence-electron chi connectivity index (χ1n) is 3.65. The summed E-state index contributed by atoms with van der Waals surface area (Å²) < 4.78 is 0. The summed E-state index contributed by atoms with van der Waals surface area (Å²) in [5.74, 6) is 0. The molecule has 2 N–H and O–H groups in total. The number of nitrogens with two attached hydrogens (primary N) is 1. The maximum absolute atomic E-state index is 5.61. The van der Waals surface area contributed by atoms with Crippen LogP contribution in [0.5, 0.6) is 0 Å². The van der Waals surface area contributed by atoms with Gasteiger partial charge in [-0.2, -0.15) is 0 Å². The minimum Gasteiger partial charge on any atom is -0.403 e. The zero-order valence-corrected chi connectivity index (χ0v) is 8.23. The van der Waals surface area contributed by atoms with E-state index in [0.29, 0.717) is 5.70 Å². The molecule has 66 valence electrons. The molecule has 0 atom stereocenters. The van der Waals surface area contributed by atoms with E-state index in [9.17, 15) is 0 Å². The second-order valence-electron chi connectivity index (χ2n) is 2.64. The minimum absolute atomic E-state index is 0.667. The highest BCUT2D eigenvalue weighted by molar-refractivity contribution is 6.30. The van der Waals surface area contributed by atoms with Gasteiger partial charge in [-0.1, -0.05) is 35.9 Å². The van der Waals surface area contributed by atoms with Gasteiger partial charge in [0.1, 0.15) is 0 Å². The van der Waals surface area contributed by atoms with E-state index >= 15 is 0 Å². The van der Waals surface area contributed by atoms with Crippen LogP contribution in [0.1, 0.15) is 12.5 Å². The molecule has 0 aromatic heterocycles. The lowest BCUT2D eigenvalue weighted by atomic mass is 10.2. The van der Waals surface area contributed by atoms with E-state index in [-0.39, 0.29) is 0 Å². The first kappa shape index (κ1) is 11.1. The molecule has 0 saturated carbocycles. The molecular formula is C10H14ClN. The number of hydrogen-bond acceptors (Lipinski definition) is 1. The maximum Gasteiger partial charge on any atom is 0.0406 e. The topological polar surface area (TPSA) is 26.0 Å². The summed E-state index contributed by atoms with van der Waals surface area (Å²) in [6.07, 6.45) is 0. The zero-order chi connectivity index (χ0) is 9.56. The molecule has 1 aromatic carbocycles. The van der Waals surface area contributed by atoms with Gasteiger partial charge in [-0.3, -0.25) is 0 Å². The van der Waals surface area contributed by atoms with Gasteiger partial charge in [0.2, 0.25) is 0 Å². The number of allylic oxidation sites excluding steroid dienone is 1. The summed E-state index contributed by atoms with van der Waals surface area (Å²) in [5.41, 5.74) is 6.83. The average molecular weight is 184 g/mol. The minimum atomic E-state index is 0.667. The van der Waals surface area contributed by atoms with Crippen molar-refractivity contribution >= 4 is 11.6 Å². The van der Waals surface area contributed by atoms with Crippen molar-refractivity contribution in [3.05, 3.63) is 47.1 Å². The Morgan fingerprint density at radius 2 is 1.67 bits per heavy atom.